The van der Waals surface area contributed by atoms with Crippen LogP contribution in [0.3, 0.4) is 0 Å². The van der Waals surface area contributed by atoms with Gasteiger partial charge in [-0.25, -0.2) is 0 Å². The Bertz CT molecular complexity index is 356. The highest BCUT2D eigenvalue weighted by Crippen LogP contribution is 2.07. The fourth-order valence-corrected chi connectivity index (χ4v) is 2.36. The van der Waals surface area contributed by atoms with Crippen LogP contribution in [0.4, 0.5) is 0 Å². The molecule has 106 valence electrons. The Hall–Kier alpha value is -0.970. The summed E-state index contributed by atoms with van der Waals surface area (Å²) in [7, 11) is 0. The van der Waals surface area contributed by atoms with Crippen LogP contribution in [0, 0.1) is 0 Å². The molecule has 0 radical (unpaired) electrons. The minimum absolute atomic E-state index is 0.319. The second kappa shape index (κ2) is 7.58. The molecule has 0 saturated carbocycles. The summed E-state index contributed by atoms with van der Waals surface area (Å²) in [5.41, 5.74) is 1.14. The van der Waals surface area contributed by atoms with Gasteiger partial charge in [-0.3, -0.25) is 9.88 Å². The molecule has 1 fully saturated rings. The molecule has 1 unspecified atom stereocenters. The second-order valence-corrected chi connectivity index (χ2v) is 5.36. The zero-order valence-corrected chi connectivity index (χ0v) is 12.0. The summed E-state index contributed by atoms with van der Waals surface area (Å²) in [6.07, 6.45) is 3.14. The van der Waals surface area contributed by atoms with Crippen LogP contribution in [-0.4, -0.2) is 54.8 Å². The van der Waals surface area contributed by atoms with Crippen LogP contribution in [0.1, 0.15) is 19.5 Å². The topological polar surface area (TPSA) is 37.4 Å². The fraction of sp³-hybridized carbons (Fsp3) is 0.667. The van der Waals surface area contributed by atoms with Gasteiger partial charge >= 0.3 is 0 Å². The highest BCUT2D eigenvalue weighted by Gasteiger charge is 2.21. The number of morpholine rings is 1. The summed E-state index contributed by atoms with van der Waals surface area (Å²) in [6, 6.07) is 6.67. The quantitative estimate of drug-likeness (QED) is 0.786. The Labute approximate surface area is 116 Å². The molecule has 1 aromatic rings. The van der Waals surface area contributed by atoms with Crippen molar-refractivity contribution in [2.24, 2.45) is 0 Å². The lowest BCUT2D eigenvalue weighted by molar-refractivity contribution is -0.0370. The normalized spacial score (nSPS) is 20.9. The van der Waals surface area contributed by atoms with Gasteiger partial charge in [0.05, 0.1) is 12.7 Å². The summed E-state index contributed by atoms with van der Waals surface area (Å²) < 4.78 is 5.79. The molecule has 1 aliphatic rings. The maximum Gasteiger partial charge on any atom is 0.0826 e. The second-order valence-electron chi connectivity index (χ2n) is 5.36. The van der Waals surface area contributed by atoms with E-state index in [4.69, 9.17) is 4.74 Å². The highest BCUT2D eigenvalue weighted by molar-refractivity contribution is 5.03. The van der Waals surface area contributed by atoms with E-state index in [1.165, 1.54) is 0 Å². The van der Waals surface area contributed by atoms with Crippen LogP contribution in [0.5, 0.6) is 0 Å². The summed E-state index contributed by atoms with van der Waals surface area (Å²) in [5, 5.41) is 3.47. The predicted octanol–water partition coefficient (Wildman–Crippen LogP) is 1.32. The minimum Gasteiger partial charge on any atom is -0.374 e. The molecule has 2 rings (SSSR count). The summed E-state index contributed by atoms with van der Waals surface area (Å²) in [6.45, 7) is 9.32. The molecule has 0 spiro atoms. The van der Waals surface area contributed by atoms with Crippen molar-refractivity contribution in [3.8, 4) is 0 Å². The monoisotopic (exact) mass is 263 g/mol. The van der Waals surface area contributed by atoms with Crippen molar-refractivity contribution in [3.05, 3.63) is 30.1 Å². The van der Waals surface area contributed by atoms with Gasteiger partial charge < -0.3 is 10.1 Å². The van der Waals surface area contributed by atoms with E-state index in [9.17, 15) is 0 Å². The number of ether oxygens (including phenoxy) is 1. The minimum atomic E-state index is 0.319. The summed E-state index contributed by atoms with van der Waals surface area (Å²) >= 11 is 0. The van der Waals surface area contributed by atoms with Crippen molar-refractivity contribution >= 4 is 0 Å². The molecule has 19 heavy (non-hydrogen) atoms. The molecule has 1 atom stereocenters. The molecule has 1 aliphatic heterocycles. The number of rotatable bonds is 6. The lowest BCUT2D eigenvalue weighted by Crippen LogP contribution is -2.49. The molecule has 0 amide bonds. The number of aromatic nitrogens is 1. The van der Waals surface area contributed by atoms with Gasteiger partial charge in [-0.15, -0.1) is 0 Å². The molecule has 0 bridgehead atoms. The van der Waals surface area contributed by atoms with Crippen LogP contribution < -0.4 is 5.32 Å². The van der Waals surface area contributed by atoms with E-state index in [0.717, 1.165) is 44.9 Å². The van der Waals surface area contributed by atoms with Crippen LogP contribution in [0.25, 0.3) is 0 Å². The van der Waals surface area contributed by atoms with Gasteiger partial charge in [0.15, 0.2) is 0 Å². The third-order valence-electron chi connectivity index (χ3n) is 3.56. The molecule has 4 heteroatoms. The smallest absolute Gasteiger partial charge is 0.0826 e. The van der Waals surface area contributed by atoms with Gasteiger partial charge in [-0.1, -0.05) is 6.07 Å². The molecule has 0 aromatic carbocycles. The molecule has 1 saturated heterocycles. The Morgan fingerprint density at radius 3 is 3.11 bits per heavy atom. The van der Waals surface area contributed by atoms with Crippen molar-refractivity contribution < 1.29 is 4.74 Å². The van der Waals surface area contributed by atoms with Crippen LogP contribution in [0.2, 0.25) is 0 Å². The zero-order valence-electron chi connectivity index (χ0n) is 12.0. The van der Waals surface area contributed by atoms with Crippen molar-refractivity contribution in [1.29, 1.82) is 0 Å². The maximum atomic E-state index is 5.79. The average molecular weight is 263 g/mol. The molecular weight excluding hydrogens is 238 g/mol. The maximum absolute atomic E-state index is 5.79. The molecule has 0 aliphatic carbocycles. The lowest BCUT2D eigenvalue weighted by atomic mass is 10.2. The van der Waals surface area contributed by atoms with Gasteiger partial charge in [0, 0.05) is 50.5 Å². The van der Waals surface area contributed by atoms with E-state index < -0.39 is 0 Å². The third kappa shape index (κ3) is 4.90. The number of nitrogens with zero attached hydrogens (tertiary/aromatic N) is 2. The molecule has 2 heterocycles. The molecule has 4 nitrogen and oxygen atoms in total. The first-order valence-corrected chi connectivity index (χ1v) is 7.22. The van der Waals surface area contributed by atoms with Crippen LogP contribution in [-0.2, 0) is 11.2 Å². The summed E-state index contributed by atoms with van der Waals surface area (Å²) in [4.78, 5) is 6.80. The molecule has 1 aromatic heterocycles. The Morgan fingerprint density at radius 2 is 2.37 bits per heavy atom. The third-order valence-corrected chi connectivity index (χ3v) is 3.56. The first-order valence-electron chi connectivity index (χ1n) is 7.22. The van der Waals surface area contributed by atoms with Gasteiger partial charge in [0.2, 0.25) is 0 Å². The van der Waals surface area contributed by atoms with Crippen molar-refractivity contribution in [2.75, 3.05) is 32.8 Å². The molecule has 1 N–H and O–H groups in total. The standard InChI is InChI=1S/C15H25N3O/c1-13(2)18-9-10-19-15(12-18)11-16-8-6-14-5-3-4-7-17-14/h3-5,7,13,15-16H,6,8-12H2,1-2H3. The van der Waals surface area contributed by atoms with Crippen molar-refractivity contribution in [2.45, 2.75) is 32.4 Å². The largest absolute Gasteiger partial charge is 0.374 e. The van der Waals surface area contributed by atoms with Crippen molar-refractivity contribution in [3.63, 3.8) is 0 Å². The average Bonchev–Trinajstić information content (AvgIpc) is 2.45. The van der Waals surface area contributed by atoms with Gasteiger partial charge in [-0.05, 0) is 26.0 Å². The highest BCUT2D eigenvalue weighted by atomic mass is 16.5. The van der Waals surface area contributed by atoms with E-state index in [2.05, 4.69) is 35.1 Å². The first kappa shape index (κ1) is 14.4. The van der Waals surface area contributed by atoms with Crippen molar-refractivity contribution in [1.82, 2.24) is 15.2 Å². The Balaban J connectivity index is 1.63. The SMILES string of the molecule is CC(C)N1CCOC(CNCCc2ccccn2)C1. The van der Waals surface area contributed by atoms with E-state index in [1.807, 2.05) is 18.3 Å². The number of hydrogen-bond acceptors (Lipinski definition) is 4. The van der Waals surface area contributed by atoms with Gasteiger partial charge in [0.1, 0.15) is 0 Å². The number of hydrogen-bond donors (Lipinski definition) is 1. The van der Waals surface area contributed by atoms with E-state index in [0.29, 0.717) is 12.1 Å². The number of nitrogens with one attached hydrogen (secondary N) is 1. The lowest BCUT2D eigenvalue weighted by Gasteiger charge is -2.35. The Morgan fingerprint density at radius 1 is 1.47 bits per heavy atom. The van der Waals surface area contributed by atoms with Crippen LogP contribution >= 0.6 is 0 Å². The van der Waals surface area contributed by atoms with E-state index >= 15 is 0 Å². The van der Waals surface area contributed by atoms with E-state index in [-0.39, 0.29) is 0 Å². The summed E-state index contributed by atoms with van der Waals surface area (Å²) in [5.74, 6) is 0. The van der Waals surface area contributed by atoms with Gasteiger partial charge in [0.25, 0.3) is 0 Å². The fourth-order valence-electron chi connectivity index (χ4n) is 2.36. The Kier molecular flexibility index (Phi) is 5.76. The van der Waals surface area contributed by atoms with Gasteiger partial charge in [-0.2, -0.15) is 0 Å². The van der Waals surface area contributed by atoms with E-state index in [1.54, 1.807) is 0 Å². The number of pyridine rings is 1. The van der Waals surface area contributed by atoms with Crippen LogP contribution in [0.15, 0.2) is 24.4 Å². The first-order chi connectivity index (χ1) is 9.25. The predicted molar refractivity (Wildman–Crippen MR) is 77.3 cm³/mol. The zero-order chi connectivity index (χ0) is 13.5. The molecular formula is C15H25N3O.